The Morgan fingerprint density at radius 3 is 2.37 bits per heavy atom. The molecular weight excluding hydrogens is 525 g/mol. The number of urea groups is 1. The standard InChI is InChI=1S/C27H20ClF3N2O5/c1-2-37-23-13-17(8-11-22(23)38-15-16-6-4-3-5-7-16)12-19-24(34)32-26(36)33(25(19)35)21-14-18(27(29,30)31)9-10-20(21)28/h3-14H,2,15H2,1H3,(H,32,34,36)/b19-12+. The molecule has 11 heteroatoms. The predicted octanol–water partition coefficient (Wildman–Crippen LogP) is 6.00. The highest BCUT2D eigenvalue weighted by Gasteiger charge is 2.39. The largest absolute Gasteiger partial charge is 0.490 e. The molecule has 1 aliphatic rings. The Labute approximate surface area is 220 Å². The molecule has 3 aromatic rings. The van der Waals surface area contributed by atoms with E-state index < -0.39 is 40.8 Å². The van der Waals surface area contributed by atoms with E-state index in [2.05, 4.69) is 0 Å². The molecule has 1 saturated heterocycles. The second-order valence-electron chi connectivity index (χ2n) is 8.04. The second-order valence-corrected chi connectivity index (χ2v) is 8.44. The number of hydrogen-bond donors (Lipinski definition) is 1. The molecule has 1 N–H and O–H groups in total. The molecule has 1 fully saturated rings. The highest BCUT2D eigenvalue weighted by Crippen LogP contribution is 2.37. The summed E-state index contributed by atoms with van der Waals surface area (Å²) in [6.45, 7) is 2.35. The van der Waals surface area contributed by atoms with Gasteiger partial charge in [-0.2, -0.15) is 13.2 Å². The van der Waals surface area contributed by atoms with Crippen LogP contribution in [0, 0.1) is 0 Å². The molecule has 1 aliphatic heterocycles. The molecule has 0 spiro atoms. The van der Waals surface area contributed by atoms with Gasteiger partial charge in [-0.15, -0.1) is 0 Å². The lowest BCUT2D eigenvalue weighted by atomic mass is 10.1. The number of anilines is 1. The summed E-state index contributed by atoms with van der Waals surface area (Å²) in [6.07, 6.45) is -3.55. The lowest BCUT2D eigenvalue weighted by molar-refractivity contribution is -0.137. The summed E-state index contributed by atoms with van der Waals surface area (Å²) in [7, 11) is 0. The zero-order valence-electron chi connectivity index (χ0n) is 19.8. The summed E-state index contributed by atoms with van der Waals surface area (Å²) < 4.78 is 51.2. The molecule has 0 atom stereocenters. The van der Waals surface area contributed by atoms with Crippen molar-refractivity contribution in [3.8, 4) is 11.5 Å². The highest BCUT2D eigenvalue weighted by atomic mass is 35.5. The van der Waals surface area contributed by atoms with Gasteiger partial charge in [-0.25, -0.2) is 9.69 Å². The monoisotopic (exact) mass is 544 g/mol. The normalized spacial score (nSPS) is 15.0. The first-order chi connectivity index (χ1) is 18.1. The first kappa shape index (κ1) is 26.7. The van der Waals surface area contributed by atoms with Gasteiger partial charge in [0.1, 0.15) is 12.2 Å². The van der Waals surface area contributed by atoms with E-state index in [4.69, 9.17) is 21.1 Å². The lowest BCUT2D eigenvalue weighted by Crippen LogP contribution is -2.54. The summed E-state index contributed by atoms with van der Waals surface area (Å²) in [4.78, 5) is 38.6. The minimum Gasteiger partial charge on any atom is -0.490 e. The van der Waals surface area contributed by atoms with Crippen LogP contribution in [0.2, 0.25) is 5.02 Å². The molecule has 196 valence electrons. The molecule has 38 heavy (non-hydrogen) atoms. The Morgan fingerprint density at radius 1 is 0.947 bits per heavy atom. The number of carbonyl (C=O) groups excluding carboxylic acids is 3. The molecule has 0 bridgehead atoms. The van der Waals surface area contributed by atoms with Gasteiger partial charge in [0.2, 0.25) is 0 Å². The average Bonchev–Trinajstić information content (AvgIpc) is 2.87. The number of carbonyl (C=O) groups is 3. The van der Waals surface area contributed by atoms with Crippen LogP contribution in [0.1, 0.15) is 23.6 Å². The first-order valence-corrected chi connectivity index (χ1v) is 11.7. The van der Waals surface area contributed by atoms with E-state index in [0.717, 1.165) is 17.7 Å². The van der Waals surface area contributed by atoms with Crippen molar-refractivity contribution in [3.05, 3.63) is 94.0 Å². The van der Waals surface area contributed by atoms with Gasteiger partial charge in [0.15, 0.2) is 11.5 Å². The fourth-order valence-electron chi connectivity index (χ4n) is 3.64. The number of alkyl halides is 3. The Hall–Kier alpha value is -4.31. The van der Waals surface area contributed by atoms with Gasteiger partial charge in [0.05, 0.1) is 22.9 Å². The van der Waals surface area contributed by atoms with Crippen LogP contribution in [0.4, 0.5) is 23.7 Å². The molecule has 7 nitrogen and oxygen atoms in total. The molecule has 0 aliphatic carbocycles. The van der Waals surface area contributed by atoms with Gasteiger partial charge in [0, 0.05) is 0 Å². The Morgan fingerprint density at radius 2 is 1.68 bits per heavy atom. The van der Waals surface area contributed by atoms with Gasteiger partial charge in [-0.3, -0.25) is 14.9 Å². The van der Waals surface area contributed by atoms with E-state index in [1.807, 2.05) is 35.6 Å². The number of halogens is 4. The van der Waals surface area contributed by atoms with Crippen molar-refractivity contribution < 1.29 is 37.0 Å². The molecule has 0 unspecified atom stereocenters. The maximum atomic E-state index is 13.2. The summed E-state index contributed by atoms with van der Waals surface area (Å²) in [5.74, 6) is -1.39. The quantitative estimate of drug-likeness (QED) is 0.291. The van der Waals surface area contributed by atoms with Crippen molar-refractivity contribution in [2.75, 3.05) is 11.5 Å². The van der Waals surface area contributed by atoms with Crippen LogP contribution < -0.4 is 19.7 Å². The minimum atomic E-state index is -4.75. The predicted molar refractivity (Wildman–Crippen MR) is 134 cm³/mol. The van der Waals surface area contributed by atoms with Crippen molar-refractivity contribution >= 4 is 41.2 Å². The third kappa shape index (κ3) is 5.81. The van der Waals surface area contributed by atoms with Crippen LogP contribution in [0.3, 0.4) is 0 Å². The summed E-state index contributed by atoms with van der Waals surface area (Å²) >= 11 is 6.03. The first-order valence-electron chi connectivity index (χ1n) is 11.3. The van der Waals surface area contributed by atoms with Gasteiger partial charge >= 0.3 is 12.2 Å². The molecular formula is C27H20ClF3N2O5. The Bertz CT molecular complexity index is 1420. The maximum Gasteiger partial charge on any atom is 0.416 e. The smallest absolute Gasteiger partial charge is 0.416 e. The summed E-state index contributed by atoms with van der Waals surface area (Å²) in [6, 6.07) is 15.1. The number of hydrogen-bond acceptors (Lipinski definition) is 5. The number of nitrogens with one attached hydrogen (secondary N) is 1. The molecule has 4 rings (SSSR count). The summed E-state index contributed by atoms with van der Waals surface area (Å²) in [5, 5.41) is 1.68. The minimum absolute atomic E-state index is 0.275. The molecule has 3 aromatic carbocycles. The molecule has 4 amide bonds. The van der Waals surface area contributed by atoms with Crippen molar-refractivity contribution in [1.29, 1.82) is 0 Å². The number of benzene rings is 3. The maximum absolute atomic E-state index is 13.2. The van der Waals surface area contributed by atoms with E-state index in [1.54, 1.807) is 19.1 Å². The number of ether oxygens (including phenoxy) is 2. The van der Waals surface area contributed by atoms with E-state index in [0.29, 0.717) is 34.6 Å². The van der Waals surface area contributed by atoms with Crippen LogP contribution in [-0.4, -0.2) is 24.5 Å². The molecule has 1 heterocycles. The summed E-state index contributed by atoms with van der Waals surface area (Å²) in [5.41, 5.74) is -0.833. The van der Waals surface area contributed by atoms with E-state index in [-0.39, 0.29) is 11.6 Å². The Balaban J connectivity index is 1.66. The second kappa shape index (κ2) is 11.0. The fourth-order valence-corrected chi connectivity index (χ4v) is 3.84. The SMILES string of the molecule is CCOc1cc(/C=C2\C(=O)NC(=O)N(c3cc(C(F)(F)F)ccc3Cl)C2=O)ccc1OCc1ccccc1. The van der Waals surface area contributed by atoms with Gasteiger partial charge in [-0.1, -0.05) is 48.0 Å². The van der Waals surface area contributed by atoms with Crippen LogP contribution in [-0.2, 0) is 22.4 Å². The van der Waals surface area contributed by atoms with Crippen molar-refractivity contribution in [2.45, 2.75) is 19.7 Å². The van der Waals surface area contributed by atoms with Crippen molar-refractivity contribution in [3.63, 3.8) is 0 Å². The van der Waals surface area contributed by atoms with Crippen molar-refractivity contribution in [2.24, 2.45) is 0 Å². The third-order valence-corrected chi connectivity index (χ3v) is 5.75. The fraction of sp³-hybridized carbons (Fsp3) is 0.148. The average molecular weight is 545 g/mol. The molecule has 0 saturated carbocycles. The molecule has 0 aromatic heterocycles. The van der Waals surface area contributed by atoms with Crippen molar-refractivity contribution in [1.82, 2.24) is 5.32 Å². The molecule has 0 radical (unpaired) electrons. The van der Waals surface area contributed by atoms with Gasteiger partial charge < -0.3 is 9.47 Å². The van der Waals surface area contributed by atoms with Crippen LogP contribution in [0.25, 0.3) is 6.08 Å². The number of nitrogens with zero attached hydrogens (tertiary/aromatic N) is 1. The number of barbiturate groups is 1. The third-order valence-electron chi connectivity index (χ3n) is 5.43. The van der Waals surface area contributed by atoms with Crippen LogP contribution in [0.15, 0.2) is 72.3 Å². The zero-order chi connectivity index (χ0) is 27.4. The van der Waals surface area contributed by atoms with Crippen LogP contribution in [0.5, 0.6) is 11.5 Å². The van der Waals surface area contributed by atoms with Crippen LogP contribution >= 0.6 is 11.6 Å². The zero-order valence-corrected chi connectivity index (χ0v) is 20.6. The number of amides is 4. The number of rotatable bonds is 7. The van der Waals surface area contributed by atoms with E-state index >= 15 is 0 Å². The number of imide groups is 2. The van der Waals surface area contributed by atoms with E-state index in [1.165, 1.54) is 12.1 Å². The van der Waals surface area contributed by atoms with E-state index in [9.17, 15) is 27.6 Å². The lowest BCUT2D eigenvalue weighted by Gasteiger charge is -2.27. The Kier molecular flexibility index (Phi) is 7.72. The topological polar surface area (TPSA) is 84.9 Å². The highest BCUT2D eigenvalue weighted by molar-refractivity contribution is 6.42. The van der Waals surface area contributed by atoms with Gasteiger partial charge in [0.25, 0.3) is 11.8 Å². The van der Waals surface area contributed by atoms with Gasteiger partial charge in [-0.05, 0) is 54.5 Å².